The molecule has 7 rings (SSSR count). The van der Waals surface area contributed by atoms with Crippen molar-refractivity contribution in [2.45, 2.75) is 0 Å². The minimum absolute atomic E-state index is 0.930. The topological polar surface area (TPSA) is 36.2 Å². The minimum Gasteiger partial charge on any atom is -0.309 e. The van der Waals surface area contributed by atoms with Gasteiger partial charge in [-0.05, 0) is 78.4 Å². The molecule has 0 spiro atoms. The lowest BCUT2D eigenvalue weighted by Crippen LogP contribution is -2.02. The van der Waals surface area contributed by atoms with Crippen molar-refractivity contribution < 1.29 is 0 Å². The Balaban J connectivity index is 1.54. The first-order valence-electron chi connectivity index (χ1n) is 13.5. The maximum Gasteiger partial charge on any atom is 0.0717 e. The molecular weight excluding hydrogens is 484 g/mol. The second-order valence-electron chi connectivity index (χ2n) is 9.91. The quantitative estimate of drug-likeness (QED) is 0.131. The van der Waals surface area contributed by atoms with Crippen molar-refractivity contribution in [3.05, 3.63) is 151 Å². The number of nitrogens with one attached hydrogen (secondary N) is 1. The summed E-state index contributed by atoms with van der Waals surface area (Å²) in [5.74, 6) is 0. The first-order chi connectivity index (χ1) is 19.8. The van der Waals surface area contributed by atoms with Gasteiger partial charge in [-0.15, -0.1) is 0 Å². The van der Waals surface area contributed by atoms with E-state index in [1.54, 1.807) is 12.3 Å². The highest BCUT2D eigenvalue weighted by atomic mass is 14.7. The van der Waals surface area contributed by atoms with Crippen molar-refractivity contribution in [2.24, 2.45) is 4.99 Å². The molecular formula is C38H26N2. The van der Waals surface area contributed by atoms with Crippen molar-refractivity contribution in [3.63, 3.8) is 0 Å². The number of nitrogens with zero attached hydrogens (tertiary/aromatic N) is 1. The van der Waals surface area contributed by atoms with Crippen molar-refractivity contribution in [1.29, 1.82) is 5.41 Å². The van der Waals surface area contributed by atoms with Crippen LogP contribution < -0.4 is 0 Å². The zero-order valence-electron chi connectivity index (χ0n) is 21.9. The number of hydrogen-bond donors (Lipinski definition) is 1. The van der Waals surface area contributed by atoms with Crippen LogP contribution in [-0.2, 0) is 0 Å². The Morgan fingerprint density at radius 2 is 1.12 bits per heavy atom. The van der Waals surface area contributed by atoms with Crippen molar-refractivity contribution in [3.8, 4) is 22.3 Å². The Hall–Kier alpha value is -5.34. The van der Waals surface area contributed by atoms with E-state index >= 15 is 0 Å². The molecule has 0 atom stereocenters. The van der Waals surface area contributed by atoms with Gasteiger partial charge in [0.25, 0.3) is 0 Å². The highest BCUT2D eigenvalue weighted by Gasteiger charge is 2.18. The fourth-order valence-corrected chi connectivity index (χ4v) is 5.85. The summed E-state index contributed by atoms with van der Waals surface area (Å²) in [6.45, 7) is 0. The molecule has 0 bridgehead atoms. The second-order valence-corrected chi connectivity index (χ2v) is 9.91. The number of hydrogen-bond acceptors (Lipinski definition) is 2. The summed E-state index contributed by atoms with van der Waals surface area (Å²) in [5, 5.41) is 14.8. The third-order valence-corrected chi connectivity index (χ3v) is 7.65. The molecule has 0 saturated heterocycles. The number of fused-ring (bicyclic) bond motifs is 3. The van der Waals surface area contributed by atoms with Crippen LogP contribution in [0.25, 0.3) is 60.6 Å². The Morgan fingerprint density at radius 3 is 1.70 bits per heavy atom. The molecule has 1 aliphatic rings. The van der Waals surface area contributed by atoms with E-state index in [1.807, 2.05) is 12.2 Å². The Bertz CT molecular complexity index is 2000. The van der Waals surface area contributed by atoms with Crippen LogP contribution in [0, 0.1) is 5.41 Å². The van der Waals surface area contributed by atoms with Crippen LogP contribution in [0.15, 0.2) is 150 Å². The predicted molar refractivity (Wildman–Crippen MR) is 172 cm³/mol. The third kappa shape index (κ3) is 3.98. The van der Waals surface area contributed by atoms with Gasteiger partial charge in [0, 0.05) is 18.0 Å². The van der Waals surface area contributed by atoms with Crippen molar-refractivity contribution >= 4 is 50.3 Å². The molecule has 0 saturated carbocycles. The average Bonchev–Trinajstić information content (AvgIpc) is 2.98. The van der Waals surface area contributed by atoms with Gasteiger partial charge < -0.3 is 5.41 Å². The molecule has 0 amide bonds. The normalized spacial score (nSPS) is 13.2. The van der Waals surface area contributed by atoms with E-state index in [0.29, 0.717) is 0 Å². The van der Waals surface area contributed by atoms with Crippen molar-refractivity contribution in [1.82, 2.24) is 0 Å². The summed E-state index contributed by atoms with van der Waals surface area (Å²) in [4.78, 5) is 4.41. The predicted octanol–water partition coefficient (Wildman–Crippen LogP) is 10.0. The number of allylic oxidation sites excluding steroid dienone is 4. The summed E-state index contributed by atoms with van der Waals surface area (Å²) < 4.78 is 0. The highest BCUT2D eigenvalue weighted by Crippen LogP contribution is 2.45. The van der Waals surface area contributed by atoms with Crippen LogP contribution in [0.1, 0.15) is 5.56 Å². The van der Waals surface area contributed by atoms with E-state index in [-0.39, 0.29) is 0 Å². The van der Waals surface area contributed by atoms with Crippen LogP contribution >= 0.6 is 0 Å². The molecule has 2 heteroatoms. The maximum atomic E-state index is 7.45. The molecule has 2 nitrogen and oxygen atoms in total. The zero-order chi connectivity index (χ0) is 26.9. The van der Waals surface area contributed by atoms with E-state index in [1.165, 1.54) is 60.8 Å². The Kier molecular flexibility index (Phi) is 5.99. The first kappa shape index (κ1) is 23.8. The molecule has 1 heterocycles. The Morgan fingerprint density at radius 1 is 0.575 bits per heavy atom. The average molecular weight is 511 g/mol. The SMILES string of the molecule is N=C/C=C\C(=C\c1ccc(-c2c3ccccc3c(-c3ccccc3)c3ccccc23)c2ccccc12)C1=NC=C1. The molecule has 0 fully saturated rings. The summed E-state index contributed by atoms with van der Waals surface area (Å²) in [7, 11) is 0. The summed E-state index contributed by atoms with van der Waals surface area (Å²) in [6, 6.07) is 41.4. The van der Waals surface area contributed by atoms with Crippen LogP contribution in [-0.4, -0.2) is 11.9 Å². The van der Waals surface area contributed by atoms with Gasteiger partial charge in [-0.25, -0.2) is 0 Å². The van der Waals surface area contributed by atoms with Gasteiger partial charge in [-0.3, -0.25) is 4.99 Å². The summed E-state index contributed by atoms with van der Waals surface area (Å²) in [6.07, 6.45) is 11.0. The van der Waals surface area contributed by atoms with Gasteiger partial charge in [0.1, 0.15) is 0 Å². The van der Waals surface area contributed by atoms with Crippen LogP contribution in [0.3, 0.4) is 0 Å². The maximum absolute atomic E-state index is 7.45. The molecule has 0 radical (unpaired) electrons. The van der Waals surface area contributed by atoms with Gasteiger partial charge >= 0.3 is 0 Å². The molecule has 0 unspecified atom stereocenters. The molecule has 1 N–H and O–H groups in total. The van der Waals surface area contributed by atoms with E-state index < -0.39 is 0 Å². The standard InChI is InChI=1S/C38H26N2/c39-23-10-13-28(36-22-24-40-36)25-27-20-21-35(30-15-5-4-14-29(27)30)38-33-18-8-6-16-31(33)37(26-11-2-1-3-12-26)32-17-7-9-19-34(32)38/h1-25,39H/b13-10-,28-25-,39-23?. The molecule has 6 aromatic carbocycles. The first-order valence-corrected chi connectivity index (χ1v) is 13.5. The molecule has 40 heavy (non-hydrogen) atoms. The van der Waals surface area contributed by atoms with Crippen molar-refractivity contribution in [2.75, 3.05) is 0 Å². The minimum atomic E-state index is 0.930. The Labute approximate surface area is 233 Å². The van der Waals surface area contributed by atoms with Crippen LogP contribution in [0.5, 0.6) is 0 Å². The second kappa shape index (κ2) is 10.1. The fraction of sp³-hybridized carbons (Fsp3) is 0. The van der Waals surface area contributed by atoms with E-state index in [2.05, 4.69) is 126 Å². The number of aliphatic imine (C=N–C) groups is 1. The smallest absolute Gasteiger partial charge is 0.0717 e. The molecule has 0 aromatic heterocycles. The van der Waals surface area contributed by atoms with Crippen LogP contribution in [0.4, 0.5) is 0 Å². The van der Waals surface area contributed by atoms with E-state index in [0.717, 1.165) is 16.8 Å². The summed E-state index contributed by atoms with van der Waals surface area (Å²) >= 11 is 0. The molecule has 188 valence electrons. The highest BCUT2D eigenvalue weighted by molar-refractivity contribution is 6.24. The van der Waals surface area contributed by atoms with Gasteiger partial charge in [0.2, 0.25) is 0 Å². The van der Waals surface area contributed by atoms with E-state index in [9.17, 15) is 0 Å². The van der Waals surface area contributed by atoms with E-state index in [4.69, 9.17) is 5.41 Å². The number of rotatable bonds is 6. The number of benzene rings is 6. The molecule has 1 aliphatic heterocycles. The van der Waals surface area contributed by atoms with Gasteiger partial charge in [-0.1, -0.05) is 121 Å². The lowest BCUT2D eigenvalue weighted by molar-refractivity contribution is 1.48. The summed E-state index contributed by atoms with van der Waals surface area (Å²) in [5.41, 5.74) is 8.03. The van der Waals surface area contributed by atoms with Gasteiger partial charge in [0.15, 0.2) is 0 Å². The van der Waals surface area contributed by atoms with Crippen LogP contribution in [0.2, 0.25) is 0 Å². The fourth-order valence-electron chi connectivity index (χ4n) is 5.85. The lowest BCUT2D eigenvalue weighted by atomic mass is 9.84. The van der Waals surface area contributed by atoms with Gasteiger partial charge in [0.05, 0.1) is 5.71 Å². The lowest BCUT2D eigenvalue weighted by Gasteiger charge is -2.19. The van der Waals surface area contributed by atoms with Gasteiger partial charge in [-0.2, -0.15) is 0 Å². The largest absolute Gasteiger partial charge is 0.309 e. The third-order valence-electron chi connectivity index (χ3n) is 7.65. The molecule has 6 aromatic rings. The monoisotopic (exact) mass is 510 g/mol. The zero-order valence-corrected chi connectivity index (χ0v) is 21.9. The molecule has 0 aliphatic carbocycles.